The first-order chi connectivity index (χ1) is 9.83. The summed E-state index contributed by atoms with van der Waals surface area (Å²) in [5.74, 6) is -0.674. The minimum Gasteiger partial charge on any atom is -0.384 e. The van der Waals surface area contributed by atoms with E-state index >= 15 is 0 Å². The van der Waals surface area contributed by atoms with E-state index in [9.17, 15) is 18.0 Å². The van der Waals surface area contributed by atoms with Crippen LogP contribution in [-0.4, -0.2) is 30.3 Å². The molecule has 0 saturated carbocycles. The third-order valence-electron chi connectivity index (χ3n) is 2.45. The highest BCUT2D eigenvalue weighted by molar-refractivity contribution is 8.00. The second kappa shape index (κ2) is 8.38. The minimum absolute atomic E-state index is 0.0667. The largest absolute Gasteiger partial charge is 0.441 e. The van der Waals surface area contributed by atoms with E-state index in [4.69, 9.17) is 11.6 Å². The maximum atomic E-state index is 12.0. The van der Waals surface area contributed by atoms with Crippen molar-refractivity contribution >= 4 is 35.0 Å². The molecule has 0 aliphatic heterocycles. The van der Waals surface area contributed by atoms with Gasteiger partial charge in [0.05, 0.1) is 5.56 Å². The van der Waals surface area contributed by atoms with Crippen LogP contribution in [0.2, 0.25) is 5.02 Å². The Labute approximate surface area is 130 Å². The standard InChI is InChI=1S/C13H16ClF3N2OS/c1-2-5-18-11-4-3-9(14)8-10(11)12(20)19-6-7-21-13(15,16)17/h3-4,8,18H,2,5-7H2,1H3,(H,19,20). The van der Waals surface area contributed by atoms with Gasteiger partial charge >= 0.3 is 5.51 Å². The van der Waals surface area contributed by atoms with Crippen molar-refractivity contribution in [1.29, 1.82) is 0 Å². The third-order valence-corrected chi connectivity index (χ3v) is 3.42. The van der Waals surface area contributed by atoms with Gasteiger partial charge in [0.1, 0.15) is 0 Å². The number of hydrogen-bond acceptors (Lipinski definition) is 3. The molecule has 0 radical (unpaired) electrons. The van der Waals surface area contributed by atoms with Crippen LogP contribution in [0, 0.1) is 0 Å². The lowest BCUT2D eigenvalue weighted by Gasteiger charge is -2.12. The van der Waals surface area contributed by atoms with Crippen LogP contribution in [0.15, 0.2) is 18.2 Å². The van der Waals surface area contributed by atoms with Crippen molar-refractivity contribution in [2.75, 3.05) is 24.2 Å². The molecule has 0 atom stereocenters. The molecule has 2 N–H and O–H groups in total. The molecule has 1 aromatic rings. The summed E-state index contributed by atoms with van der Waals surface area (Å²) in [6.45, 7) is 2.60. The summed E-state index contributed by atoms with van der Waals surface area (Å²) >= 11 is 5.69. The number of thioether (sulfide) groups is 1. The Morgan fingerprint density at radius 2 is 2.05 bits per heavy atom. The number of carbonyl (C=O) groups is 1. The second-order valence-corrected chi connectivity index (χ2v) is 5.76. The van der Waals surface area contributed by atoms with Crippen molar-refractivity contribution in [3.63, 3.8) is 0 Å². The summed E-state index contributed by atoms with van der Waals surface area (Å²) in [4.78, 5) is 12.0. The van der Waals surface area contributed by atoms with E-state index in [-0.39, 0.29) is 24.1 Å². The molecule has 1 amide bonds. The monoisotopic (exact) mass is 340 g/mol. The van der Waals surface area contributed by atoms with E-state index < -0.39 is 11.4 Å². The number of halogens is 4. The molecule has 1 aromatic carbocycles. The van der Waals surface area contributed by atoms with Gasteiger partial charge in [-0.3, -0.25) is 4.79 Å². The Bertz CT molecular complexity index is 483. The number of amides is 1. The number of alkyl halides is 3. The summed E-state index contributed by atoms with van der Waals surface area (Å²) in [6.07, 6.45) is 0.881. The Morgan fingerprint density at radius 3 is 2.67 bits per heavy atom. The van der Waals surface area contributed by atoms with Crippen molar-refractivity contribution in [3.05, 3.63) is 28.8 Å². The number of carbonyl (C=O) groups excluding carboxylic acids is 1. The third kappa shape index (κ3) is 6.95. The number of nitrogens with one attached hydrogen (secondary N) is 2. The molecule has 3 nitrogen and oxygen atoms in total. The van der Waals surface area contributed by atoms with Gasteiger partial charge in [-0.1, -0.05) is 18.5 Å². The first-order valence-corrected chi connectivity index (χ1v) is 7.72. The highest BCUT2D eigenvalue weighted by Gasteiger charge is 2.27. The fraction of sp³-hybridized carbons (Fsp3) is 0.462. The normalized spacial score (nSPS) is 11.3. The smallest absolute Gasteiger partial charge is 0.384 e. The topological polar surface area (TPSA) is 41.1 Å². The van der Waals surface area contributed by atoms with E-state index in [1.807, 2.05) is 6.92 Å². The van der Waals surface area contributed by atoms with Crippen LogP contribution in [0.1, 0.15) is 23.7 Å². The fourth-order valence-electron chi connectivity index (χ4n) is 1.54. The van der Waals surface area contributed by atoms with Gasteiger partial charge in [-0.2, -0.15) is 13.2 Å². The zero-order valence-electron chi connectivity index (χ0n) is 11.4. The predicted molar refractivity (Wildman–Crippen MR) is 81.1 cm³/mol. The number of hydrogen-bond donors (Lipinski definition) is 2. The Hall–Kier alpha value is -1.08. The summed E-state index contributed by atoms with van der Waals surface area (Å²) in [6, 6.07) is 4.82. The zero-order valence-corrected chi connectivity index (χ0v) is 13.0. The van der Waals surface area contributed by atoms with Gasteiger partial charge < -0.3 is 10.6 Å². The van der Waals surface area contributed by atoms with E-state index in [1.165, 1.54) is 6.07 Å². The number of rotatable bonds is 7. The molecule has 0 unspecified atom stereocenters. The van der Waals surface area contributed by atoms with Crippen molar-refractivity contribution in [2.24, 2.45) is 0 Å². The van der Waals surface area contributed by atoms with Crippen LogP contribution in [0.5, 0.6) is 0 Å². The molecule has 0 heterocycles. The summed E-state index contributed by atoms with van der Waals surface area (Å²) < 4.78 is 35.9. The average molecular weight is 341 g/mol. The summed E-state index contributed by atoms with van der Waals surface area (Å²) in [5, 5.41) is 5.93. The molecule has 118 valence electrons. The van der Waals surface area contributed by atoms with Gasteiger partial charge in [0.25, 0.3) is 5.91 Å². The number of anilines is 1. The lowest BCUT2D eigenvalue weighted by atomic mass is 10.1. The fourth-order valence-corrected chi connectivity index (χ4v) is 2.15. The van der Waals surface area contributed by atoms with Crippen LogP contribution in [0.4, 0.5) is 18.9 Å². The van der Waals surface area contributed by atoms with E-state index in [0.29, 0.717) is 22.8 Å². The second-order valence-electron chi connectivity index (χ2n) is 4.17. The Morgan fingerprint density at radius 1 is 1.33 bits per heavy atom. The van der Waals surface area contributed by atoms with E-state index in [1.54, 1.807) is 12.1 Å². The van der Waals surface area contributed by atoms with Gasteiger partial charge in [0, 0.05) is 29.6 Å². The molecular weight excluding hydrogens is 325 g/mol. The molecule has 21 heavy (non-hydrogen) atoms. The minimum atomic E-state index is -4.28. The van der Waals surface area contributed by atoms with Gasteiger partial charge in [-0.25, -0.2) is 0 Å². The molecular formula is C13H16ClF3N2OS. The summed E-state index contributed by atoms with van der Waals surface area (Å²) in [7, 11) is 0. The maximum Gasteiger partial charge on any atom is 0.441 e. The van der Waals surface area contributed by atoms with E-state index in [2.05, 4.69) is 10.6 Å². The van der Waals surface area contributed by atoms with Gasteiger partial charge in [-0.15, -0.1) is 0 Å². The molecule has 1 rings (SSSR count). The highest BCUT2D eigenvalue weighted by Crippen LogP contribution is 2.29. The molecule has 0 aliphatic rings. The van der Waals surface area contributed by atoms with Gasteiger partial charge in [0.15, 0.2) is 0 Å². The van der Waals surface area contributed by atoms with Crippen LogP contribution < -0.4 is 10.6 Å². The quantitative estimate of drug-likeness (QED) is 0.733. The maximum absolute atomic E-state index is 12.0. The first kappa shape index (κ1) is 18.0. The lowest BCUT2D eigenvalue weighted by Crippen LogP contribution is -2.27. The van der Waals surface area contributed by atoms with Gasteiger partial charge in [-0.05, 0) is 36.4 Å². The number of benzene rings is 1. The average Bonchev–Trinajstić information content (AvgIpc) is 2.41. The van der Waals surface area contributed by atoms with Crippen LogP contribution >= 0.6 is 23.4 Å². The molecule has 0 spiro atoms. The lowest BCUT2D eigenvalue weighted by molar-refractivity contribution is -0.0327. The van der Waals surface area contributed by atoms with E-state index in [0.717, 1.165) is 6.42 Å². The van der Waals surface area contributed by atoms with Gasteiger partial charge in [0.2, 0.25) is 0 Å². The molecule has 0 saturated heterocycles. The van der Waals surface area contributed by atoms with Crippen molar-refractivity contribution in [3.8, 4) is 0 Å². The molecule has 8 heteroatoms. The predicted octanol–water partition coefficient (Wildman–Crippen LogP) is 4.14. The zero-order chi connectivity index (χ0) is 15.9. The molecule has 0 aromatic heterocycles. The Balaban J connectivity index is 2.61. The molecule has 0 fully saturated rings. The van der Waals surface area contributed by atoms with Crippen LogP contribution in [0.25, 0.3) is 0 Å². The Kier molecular flexibility index (Phi) is 7.17. The first-order valence-electron chi connectivity index (χ1n) is 6.36. The van der Waals surface area contributed by atoms with Crippen molar-refractivity contribution in [2.45, 2.75) is 18.9 Å². The highest BCUT2D eigenvalue weighted by atomic mass is 35.5. The van der Waals surface area contributed by atoms with Crippen molar-refractivity contribution < 1.29 is 18.0 Å². The SMILES string of the molecule is CCCNc1ccc(Cl)cc1C(=O)NCCSC(F)(F)F. The van der Waals surface area contributed by atoms with Crippen LogP contribution in [0.3, 0.4) is 0 Å². The van der Waals surface area contributed by atoms with Crippen molar-refractivity contribution in [1.82, 2.24) is 5.32 Å². The summed E-state index contributed by atoms with van der Waals surface area (Å²) in [5.41, 5.74) is -3.34. The molecule has 0 bridgehead atoms. The molecule has 0 aliphatic carbocycles. The van der Waals surface area contributed by atoms with Crippen LogP contribution in [-0.2, 0) is 0 Å².